The molecule has 0 atom stereocenters. The molecule has 2 heterocycles. The van der Waals surface area contributed by atoms with Crippen LogP contribution < -0.4 is 24.5 Å². The van der Waals surface area contributed by atoms with Gasteiger partial charge in [0.05, 0.1) is 25.6 Å². The quantitative estimate of drug-likeness (QED) is 0.270. The summed E-state index contributed by atoms with van der Waals surface area (Å²) in [4.78, 5) is 21.3. The molecule has 198 valence electrons. The molecule has 0 aliphatic rings. The minimum Gasteiger partial charge on any atom is -0.497 e. The lowest BCUT2D eigenvalue weighted by molar-refractivity contribution is -0.705. The first-order chi connectivity index (χ1) is 18.8. The molecule has 0 unspecified atom stereocenters. The fourth-order valence-corrected chi connectivity index (χ4v) is 4.95. The zero-order chi connectivity index (χ0) is 27.6. The Morgan fingerprint density at radius 1 is 0.872 bits per heavy atom. The Hall–Kier alpha value is -4.68. The Labute approximate surface area is 227 Å². The molecule has 3 aromatic carbocycles. The number of benzene rings is 3. The zero-order valence-corrected chi connectivity index (χ0v) is 22.2. The molecule has 39 heavy (non-hydrogen) atoms. The Morgan fingerprint density at radius 3 is 2.21 bits per heavy atom. The SMILES string of the molecule is COc1ccc(-c2cc(-c3cccc(OC)c3)nc(NS(=O)(=O)c3c(=O)o[nH][n+]3-c3ccc(Cl)cc3)n2)cc1. The number of ether oxygens (including phenoxy) is 2. The third kappa shape index (κ3) is 5.47. The van der Waals surface area contributed by atoms with Gasteiger partial charge in [0.1, 0.15) is 11.5 Å². The number of hydrogen-bond acceptors (Lipinski definition) is 8. The van der Waals surface area contributed by atoms with Crippen molar-refractivity contribution < 1.29 is 27.1 Å². The number of sulfonamides is 1. The van der Waals surface area contributed by atoms with E-state index in [-0.39, 0.29) is 5.95 Å². The molecule has 2 aromatic heterocycles. The lowest BCUT2D eigenvalue weighted by atomic mass is 10.1. The first-order valence-electron chi connectivity index (χ1n) is 11.4. The molecule has 0 bridgehead atoms. The van der Waals surface area contributed by atoms with Crippen LogP contribution in [-0.4, -0.2) is 37.9 Å². The number of aromatic amines is 1. The molecule has 0 aliphatic carbocycles. The number of halogens is 1. The molecule has 2 N–H and O–H groups in total. The van der Waals surface area contributed by atoms with E-state index in [0.717, 1.165) is 4.68 Å². The van der Waals surface area contributed by atoms with Crippen molar-refractivity contribution in [3.05, 3.63) is 94.3 Å². The summed E-state index contributed by atoms with van der Waals surface area (Å²) in [6.07, 6.45) is 0. The topological polar surface area (TPSA) is 140 Å². The van der Waals surface area contributed by atoms with Gasteiger partial charge in [-0.2, -0.15) is 8.42 Å². The molecule has 0 aliphatic heterocycles. The van der Waals surface area contributed by atoms with Crippen LogP contribution >= 0.6 is 11.6 Å². The van der Waals surface area contributed by atoms with E-state index >= 15 is 0 Å². The van der Waals surface area contributed by atoms with Crippen LogP contribution in [0.1, 0.15) is 0 Å². The first kappa shape index (κ1) is 25.9. The molecule has 0 spiro atoms. The number of aromatic nitrogens is 4. The van der Waals surface area contributed by atoms with Gasteiger partial charge in [0.2, 0.25) is 11.6 Å². The molecule has 5 rings (SSSR count). The van der Waals surface area contributed by atoms with E-state index < -0.39 is 20.7 Å². The second-order valence-electron chi connectivity index (χ2n) is 8.13. The van der Waals surface area contributed by atoms with Crippen LogP contribution in [0, 0.1) is 0 Å². The van der Waals surface area contributed by atoms with Crippen LogP contribution in [0.25, 0.3) is 28.2 Å². The monoisotopic (exact) mass is 566 g/mol. The minimum absolute atomic E-state index is 0.260. The van der Waals surface area contributed by atoms with Gasteiger partial charge in [-0.15, -0.1) is 0 Å². The summed E-state index contributed by atoms with van der Waals surface area (Å²) in [5, 5.41) is 2.03. The number of H-pyrrole nitrogens is 1. The highest BCUT2D eigenvalue weighted by molar-refractivity contribution is 7.92. The average molecular weight is 567 g/mol. The third-order valence-corrected chi connectivity index (χ3v) is 7.21. The van der Waals surface area contributed by atoms with Crippen molar-refractivity contribution in [2.24, 2.45) is 0 Å². The Morgan fingerprint density at radius 2 is 1.54 bits per heavy atom. The van der Waals surface area contributed by atoms with Crippen molar-refractivity contribution in [1.82, 2.24) is 15.2 Å². The van der Waals surface area contributed by atoms with Crippen molar-refractivity contribution >= 4 is 27.6 Å². The van der Waals surface area contributed by atoms with E-state index in [2.05, 4.69) is 20.0 Å². The predicted molar refractivity (Wildman–Crippen MR) is 143 cm³/mol. The fraction of sp³-hybridized carbons (Fsp3) is 0.0769. The van der Waals surface area contributed by atoms with Gasteiger partial charge in [0, 0.05) is 28.3 Å². The van der Waals surface area contributed by atoms with E-state index in [9.17, 15) is 13.2 Å². The Bertz CT molecular complexity index is 1800. The lowest BCUT2D eigenvalue weighted by Crippen LogP contribution is -2.42. The first-order valence-corrected chi connectivity index (χ1v) is 13.2. The van der Waals surface area contributed by atoms with Crippen LogP contribution in [0.2, 0.25) is 5.02 Å². The maximum Gasteiger partial charge on any atom is 0.449 e. The van der Waals surface area contributed by atoms with Crippen LogP contribution in [0.3, 0.4) is 0 Å². The van der Waals surface area contributed by atoms with Crippen molar-refractivity contribution in [2.75, 3.05) is 18.9 Å². The highest BCUT2D eigenvalue weighted by atomic mass is 35.5. The maximum absolute atomic E-state index is 13.5. The summed E-state index contributed by atoms with van der Waals surface area (Å²) in [6, 6.07) is 22.0. The van der Waals surface area contributed by atoms with Crippen LogP contribution in [0.4, 0.5) is 5.95 Å². The fourth-order valence-electron chi connectivity index (χ4n) is 3.75. The summed E-state index contributed by atoms with van der Waals surface area (Å²) in [6.45, 7) is 0. The number of rotatable bonds is 8. The van der Waals surface area contributed by atoms with Crippen LogP contribution in [0.5, 0.6) is 11.5 Å². The molecule has 5 aromatic rings. The molecule has 13 heteroatoms. The van der Waals surface area contributed by atoms with Crippen LogP contribution in [0.15, 0.2) is 93.2 Å². The lowest BCUT2D eigenvalue weighted by Gasteiger charge is -2.10. The van der Waals surface area contributed by atoms with E-state index in [0.29, 0.717) is 44.7 Å². The summed E-state index contributed by atoms with van der Waals surface area (Å²) in [7, 11) is -1.44. The number of anilines is 1. The third-order valence-electron chi connectivity index (χ3n) is 5.65. The summed E-state index contributed by atoms with van der Waals surface area (Å²) in [5.74, 6) is 0.977. The van der Waals surface area contributed by atoms with E-state index in [4.69, 9.17) is 25.6 Å². The molecule has 0 amide bonds. The molecule has 0 saturated carbocycles. The smallest absolute Gasteiger partial charge is 0.449 e. The van der Waals surface area contributed by atoms with Crippen molar-refractivity contribution in [1.29, 1.82) is 0 Å². The largest absolute Gasteiger partial charge is 0.497 e. The standard InChI is InChI=1S/C26H20ClN5O6S/c1-36-20-12-6-16(7-13-20)22-15-23(17-4-3-5-21(14-17)37-2)29-26(28-22)30-39(34,35)24-25(33)38-31-32(24)19-10-8-18(27)9-11-19/h3-15H,1-2H3,(H-,28,29,30,31,33)/p+1. The van der Waals surface area contributed by atoms with Gasteiger partial charge in [-0.25, -0.2) is 19.5 Å². The van der Waals surface area contributed by atoms with E-state index in [1.54, 1.807) is 80.9 Å². The predicted octanol–water partition coefficient (Wildman–Crippen LogP) is 3.84. The second kappa shape index (κ2) is 10.6. The van der Waals surface area contributed by atoms with E-state index in [1.807, 2.05) is 0 Å². The normalized spacial score (nSPS) is 11.3. The molecule has 0 fully saturated rings. The van der Waals surface area contributed by atoms with Crippen molar-refractivity contribution in [3.63, 3.8) is 0 Å². The molecular weight excluding hydrogens is 546 g/mol. The summed E-state index contributed by atoms with van der Waals surface area (Å²) < 4.78 is 45.6. The van der Waals surface area contributed by atoms with Gasteiger partial charge < -0.3 is 9.47 Å². The van der Waals surface area contributed by atoms with Gasteiger partial charge in [0.25, 0.3) is 0 Å². The number of hydrogen-bond donors (Lipinski definition) is 2. The summed E-state index contributed by atoms with van der Waals surface area (Å²) >= 11 is 5.94. The highest BCUT2D eigenvalue weighted by Crippen LogP contribution is 2.29. The average Bonchev–Trinajstić information content (AvgIpc) is 3.35. The van der Waals surface area contributed by atoms with Crippen LogP contribution in [-0.2, 0) is 10.0 Å². The van der Waals surface area contributed by atoms with Gasteiger partial charge in [-0.1, -0.05) is 23.7 Å². The van der Waals surface area contributed by atoms with Gasteiger partial charge in [-0.3, -0.25) is 4.52 Å². The molecule has 11 nitrogen and oxygen atoms in total. The van der Waals surface area contributed by atoms with Gasteiger partial charge >= 0.3 is 20.7 Å². The number of nitrogens with zero attached hydrogens (tertiary/aromatic N) is 3. The molecule has 0 radical (unpaired) electrons. The Kier molecular flexibility index (Phi) is 7.05. The van der Waals surface area contributed by atoms with Crippen molar-refractivity contribution in [2.45, 2.75) is 5.03 Å². The van der Waals surface area contributed by atoms with Gasteiger partial charge in [-0.05, 0) is 64.6 Å². The van der Waals surface area contributed by atoms with E-state index in [1.165, 1.54) is 12.1 Å². The van der Waals surface area contributed by atoms with Gasteiger partial charge in [0.15, 0.2) is 0 Å². The highest BCUT2D eigenvalue weighted by Gasteiger charge is 2.37. The zero-order valence-electron chi connectivity index (χ0n) is 20.6. The molecule has 0 saturated heterocycles. The number of nitrogens with one attached hydrogen (secondary N) is 2. The second-order valence-corrected chi connectivity index (χ2v) is 10.2. The molecular formula is C26H21ClN5O6S+. The minimum atomic E-state index is -4.54. The maximum atomic E-state index is 13.5. The number of methoxy groups -OCH3 is 2. The Balaban J connectivity index is 1.61. The van der Waals surface area contributed by atoms with Crippen molar-refractivity contribution in [3.8, 4) is 39.7 Å². The summed E-state index contributed by atoms with van der Waals surface area (Å²) in [5.41, 5.74) is 1.37.